The molecule has 2 rings (SSSR count). The summed E-state index contributed by atoms with van der Waals surface area (Å²) in [5.41, 5.74) is 0.848. The Hall–Kier alpha value is -1.88. The van der Waals surface area contributed by atoms with Gasteiger partial charge in [0, 0.05) is 0 Å². The van der Waals surface area contributed by atoms with Crippen molar-refractivity contribution in [3.8, 4) is 5.75 Å². The zero-order valence-corrected chi connectivity index (χ0v) is 10.9. The predicted octanol–water partition coefficient (Wildman–Crippen LogP) is 2.25. The van der Waals surface area contributed by atoms with E-state index in [-0.39, 0.29) is 22.9 Å². The molecule has 1 heterocycles. The van der Waals surface area contributed by atoms with Crippen LogP contribution < -0.4 is 10.1 Å². The van der Waals surface area contributed by atoms with Crippen molar-refractivity contribution in [1.82, 2.24) is 5.32 Å². The Labute approximate surface area is 111 Å². The highest BCUT2D eigenvalue weighted by Gasteiger charge is 2.22. The summed E-state index contributed by atoms with van der Waals surface area (Å²) in [6, 6.07) is 7.39. The smallest absolute Gasteiger partial charge is 0.294 e. The van der Waals surface area contributed by atoms with Gasteiger partial charge in [0.2, 0.25) is 0 Å². The first kappa shape index (κ1) is 12.6. The van der Waals surface area contributed by atoms with Crippen LogP contribution in [0.4, 0.5) is 0 Å². The number of rotatable bonds is 3. The summed E-state index contributed by atoms with van der Waals surface area (Å²) in [6.07, 6.45) is 1.77. The van der Waals surface area contributed by atoms with Crippen LogP contribution >= 0.6 is 12.2 Å². The third kappa shape index (κ3) is 3.07. The van der Waals surface area contributed by atoms with E-state index in [0.717, 1.165) is 11.3 Å². The zero-order valence-electron chi connectivity index (χ0n) is 10.1. The average Bonchev–Trinajstić information content (AvgIpc) is 2.59. The molecule has 1 aromatic rings. The minimum absolute atomic E-state index is 0.0889. The molecule has 0 aromatic heterocycles. The van der Waals surface area contributed by atoms with Crippen LogP contribution in [-0.2, 0) is 9.53 Å². The summed E-state index contributed by atoms with van der Waals surface area (Å²) < 4.78 is 10.6. The van der Waals surface area contributed by atoms with E-state index < -0.39 is 0 Å². The normalized spacial score (nSPS) is 16.9. The predicted molar refractivity (Wildman–Crippen MR) is 72.0 cm³/mol. The number of benzene rings is 1. The van der Waals surface area contributed by atoms with Crippen molar-refractivity contribution < 1.29 is 14.3 Å². The standard InChI is InChI=1S/C13H13NO3S/c1-8(2)16-10-5-3-9(4-6-10)7-11-12(15)14-13(18)17-11/h3-8H,1-2H3,(H,14,15,18). The topological polar surface area (TPSA) is 47.6 Å². The number of hydrogen-bond acceptors (Lipinski definition) is 4. The quantitative estimate of drug-likeness (QED) is 0.671. The highest BCUT2D eigenvalue weighted by molar-refractivity contribution is 7.80. The molecular formula is C13H13NO3S. The molecular weight excluding hydrogens is 250 g/mol. The van der Waals surface area contributed by atoms with Gasteiger partial charge < -0.3 is 9.47 Å². The number of thiocarbonyl (C=S) groups is 1. The molecule has 0 bridgehead atoms. The third-order valence-electron chi connectivity index (χ3n) is 2.19. The third-order valence-corrected chi connectivity index (χ3v) is 2.38. The van der Waals surface area contributed by atoms with Crippen LogP contribution in [0.2, 0.25) is 0 Å². The molecule has 1 aliphatic heterocycles. The highest BCUT2D eigenvalue weighted by atomic mass is 32.1. The van der Waals surface area contributed by atoms with Crippen molar-refractivity contribution in [2.45, 2.75) is 20.0 Å². The van der Waals surface area contributed by atoms with Crippen LogP contribution in [0.15, 0.2) is 30.0 Å². The van der Waals surface area contributed by atoms with E-state index in [4.69, 9.17) is 21.7 Å². The molecule has 0 spiro atoms. The Morgan fingerprint density at radius 2 is 2.00 bits per heavy atom. The number of carbonyl (C=O) groups excluding carboxylic acids is 1. The van der Waals surface area contributed by atoms with Crippen molar-refractivity contribution in [3.63, 3.8) is 0 Å². The lowest BCUT2D eigenvalue weighted by Crippen LogP contribution is -2.18. The summed E-state index contributed by atoms with van der Waals surface area (Å²) in [7, 11) is 0. The van der Waals surface area contributed by atoms with Gasteiger partial charge in [0.15, 0.2) is 5.76 Å². The van der Waals surface area contributed by atoms with E-state index in [1.54, 1.807) is 6.08 Å². The second kappa shape index (κ2) is 5.18. The van der Waals surface area contributed by atoms with Crippen molar-refractivity contribution in [2.24, 2.45) is 0 Å². The molecule has 1 fully saturated rings. The van der Waals surface area contributed by atoms with Crippen LogP contribution in [-0.4, -0.2) is 17.2 Å². The van der Waals surface area contributed by atoms with Gasteiger partial charge in [0.05, 0.1) is 6.10 Å². The Kier molecular flexibility index (Phi) is 3.62. The van der Waals surface area contributed by atoms with E-state index >= 15 is 0 Å². The van der Waals surface area contributed by atoms with Crippen molar-refractivity contribution in [1.29, 1.82) is 0 Å². The largest absolute Gasteiger partial charge is 0.491 e. The molecule has 4 nitrogen and oxygen atoms in total. The van der Waals surface area contributed by atoms with Gasteiger partial charge in [-0.2, -0.15) is 0 Å². The highest BCUT2D eigenvalue weighted by Crippen LogP contribution is 2.17. The molecule has 94 valence electrons. The van der Waals surface area contributed by atoms with Gasteiger partial charge in [-0.15, -0.1) is 0 Å². The summed E-state index contributed by atoms with van der Waals surface area (Å²) >= 11 is 4.74. The van der Waals surface area contributed by atoms with Crippen LogP contribution in [0.5, 0.6) is 5.75 Å². The molecule has 1 aliphatic rings. The van der Waals surface area contributed by atoms with E-state index in [2.05, 4.69) is 5.32 Å². The van der Waals surface area contributed by atoms with Crippen LogP contribution in [0.1, 0.15) is 19.4 Å². The van der Waals surface area contributed by atoms with Crippen molar-refractivity contribution >= 4 is 29.4 Å². The maximum Gasteiger partial charge on any atom is 0.294 e. The summed E-state index contributed by atoms with van der Waals surface area (Å²) in [5, 5.41) is 2.49. The first-order valence-electron chi connectivity index (χ1n) is 5.56. The fourth-order valence-electron chi connectivity index (χ4n) is 1.49. The second-order valence-corrected chi connectivity index (χ2v) is 4.46. The van der Waals surface area contributed by atoms with E-state index in [1.807, 2.05) is 38.1 Å². The van der Waals surface area contributed by atoms with E-state index in [1.165, 1.54) is 0 Å². The fourth-order valence-corrected chi connectivity index (χ4v) is 1.67. The lowest BCUT2D eigenvalue weighted by Gasteiger charge is -2.09. The van der Waals surface area contributed by atoms with Gasteiger partial charge in [-0.25, -0.2) is 0 Å². The number of amides is 1. The molecule has 18 heavy (non-hydrogen) atoms. The minimum Gasteiger partial charge on any atom is -0.491 e. The van der Waals surface area contributed by atoms with Gasteiger partial charge in [0.1, 0.15) is 5.75 Å². The van der Waals surface area contributed by atoms with Gasteiger partial charge in [0.25, 0.3) is 11.1 Å². The molecule has 0 saturated carbocycles. The number of ether oxygens (including phenoxy) is 2. The van der Waals surface area contributed by atoms with E-state index in [0.29, 0.717) is 0 Å². The first-order chi connectivity index (χ1) is 8.54. The maximum atomic E-state index is 11.4. The molecule has 0 atom stereocenters. The number of nitrogens with one attached hydrogen (secondary N) is 1. The molecule has 1 amide bonds. The Balaban J connectivity index is 2.13. The SMILES string of the molecule is CC(C)Oc1ccc(C=C2OC(=S)NC2=O)cc1. The number of carbonyl (C=O) groups is 1. The summed E-state index contributed by atoms with van der Waals surface area (Å²) in [5.74, 6) is 0.680. The maximum absolute atomic E-state index is 11.4. The summed E-state index contributed by atoms with van der Waals surface area (Å²) in [6.45, 7) is 3.93. The van der Waals surface area contributed by atoms with Gasteiger partial charge in [-0.1, -0.05) is 12.1 Å². The van der Waals surface area contributed by atoms with Crippen molar-refractivity contribution in [2.75, 3.05) is 0 Å². The van der Waals surface area contributed by atoms with Crippen LogP contribution in [0.25, 0.3) is 6.08 Å². The monoisotopic (exact) mass is 263 g/mol. The van der Waals surface area contributed by atoms with Gasteiger partial charge in [-0.05, 0) is 49.8 Å². The Morgan fingerprint density at radius 3 is 2.50 bits per heavy atom. The average molecular weight is 263 g/mol. The van der Waals surface area contributed by atoms with Crippen LogP contribution in [0, 0.1) is 0 Å². The lowest BCUT2D eigenvalue weighted by molar-refractivity contribution is -0.116. The minimum atomic E-state index is -0.317. The molecule has 0 aliphatic carbocycles. The van der Waals surface area contributed by atoms with E-state index in [9.17, 15) is 4.79 Å². The molecule has 0 radical (unpaired) electrons. The zero-order chi connectivity index (χ0) is 13.1. The second-order valence-electron chi connectivity index (χ2n) is 4.09. The molecule has 1 saturated heterocycles. The van der Waals surface area contributed by atoms with Crippen LogP contribution in [0.3, 0.4) is 0 Å². The molecule has 1 N–H and O–H groups in total. The summed E-state index contributed by atoms with van der Waals surface area (Å²) in [4.78, 5) is 11.4. The Morgan fingerprint density at radius 1 is 1.33 bits per heavy atom. The van der Waals surface area contributed by atoms with Gasteiger partial charge in [-0.3, -0.25) is 10.1 Å². The molecule has 1 aromatic carbocycles. The van der Waals surface area contributed by atoms with Crippen molar-refractivity contribution in [3.05, 3.63) is 35.6 Å². The first-order valence-corrected chi connectivity index (χ1v) is 5.97. The number of hydrogen-bond donors (Lipinski definition) is 1. The lowest BCUT2D eigenvalue weighted by atomic mass is 10.2. The molecule has 0 unspecified atom stereocenters. The fraction of sp³-hybridized carbons (Fsp3) is 0.231. The Bertz CT molecular complexity index is 505. The van der Waals surface area contributed by atoms with Gasteiger partial charge >= 0.3 is 0 Å². The molecule has 5 heteroatoms.